The van der Waals surface area contributed by atoms with E-state index in [0.717, 1.165) is 17.7 Å². The first-order valence-electron chi connectivity index (χ1n) is 9.86. The van der Waals surface area contributed by atoms with Crippen LogP contribution < -0.4 is 15.4 Å². The maximum Gasteiger partial charge on any atom is 0.240 e. The molecule has 1 aliphatic carbocycles. The molecule has 0 atom stereocenters. The molecule has 5 heteroatoms. The number of carbonyl (C=O) groups is 2. The van der Waals surface area contributed by atoms with Gasteiger partial charge in [-0.15, -0.1) is 0 Å². The quantitative estimate of drug-likeness (QED) is 0.642. The van der Waals surface area contributed by atoms with Crippen LogP contribution in [0.25, 0.3) is 0 Å². The predicted octanol–water partition coefficient (Wildman–Crippen LogP) is 4.15. The summed E-state index contributed by atoms with van der Waals surface area (Å²) in [5.74, 6) is 0.863. The molecular weight excluding hydrogens is 352 g/mol. The Morgan fingerprint density at radius 2 is 1.68 bits per heavy atom. The summed E-state index contributed by atoms with van der Waals surface area (Å²) < 4.78 is 5.76. The van der Waals surface area contributed by atoms with Gasteiger partial charge in [-0.25, -0.2) is 0 Å². The molecule has 2 N–H and O–H groups in total. The minimum atomic E-state index is -0.903. The highest BCUT2D eigenvalue weighted by Crippen LogP contribution is 2.46. The standard InChI is InChI=1S/C23H28N2O3/c1-17(2)12-15-24-21(26)23(13-14-23)22(27)25-19-8-10-20(11-9-19)28-16-18-6-4-3-5-7-18/h3-11,17H,12-16H2,1-2H3,(H,24,26)(H,25,27). The third-order valence-corrected chi connectivity index (χ3v) is 4.99. The molecule has 3 rings (SSSR count). The molecule has 1 saturated carbocycles. The maximum atomic E-state index is 12.6. The molecule has 1 fully saturated rings. The lowest BCUT2D eigenvalue weighted by atomic mass is 10.0. The van der Waals surface area contributed by atoms with Crippen molar-refractivity contribution in [2.24, 2.45) is 11.3 Å². The van der Waals surface area contributed by atoms with Crippen LogP contribution in [0, 0.1) is 11.3 Å². The second-order valence-corrected chi connectivity index (χ2v) is 7.77. The molecule has 1 aliphatic rings. The van der Waals surface area contributed by atoms with Crippen molar-refractivity contribution in [3.8, 4) is 5.75 Å². The summed E-state index contributed by atoms with van der Waals surface area (Å²) in [5, 5.41) is 5.78. The lowest BCUT2D eigenvalue weighted by Gasteiger charge is -2.16. The van der Waals surface area contributed by atoms with Gasteiger partial charge in [0.2, 0.25) is 11.8 Å². The van der Waals surface area contributed by atoms with Crippen LogP contribution in [0.15, 0.2) is 54.6 Å². The second kappa shape index (κ2) is 8.91. The van der Waals surface area contributed by atoms with E-state index in [-0.39, 0.29) is 11.8 Å². The monoisotopic (exact) mass is 380 g/mol. The number of hydrogen-bond acceptors (Lipinski definition) is 3. The predicted molar refractivity (Wildman–Crippen MR) is 110 cm³/mol. The number of nitrogens with one attached hydrogen (secondary N) is 2. The molecule has 2 aromatic rings. The molecule has 0 bridgehead atoms. The molecule has 0 aliphatic heterocycles. The van der Waals surface area contributed by atoms with E-state index in [1.54, 1.807) is 12.1 Å². The van der Waals surface area contributed by atoms with E-state index in [0.29, 0.717) is 37.6 Å². The summed E-state index contributed by atoms with van der Waals surface area (Å²) in [6.07, 6.45) is 2.11. The molecule has 0 radical (unpaired) electrons. The van der Waals surface area contributed by atoms with Crippen LogP contribution in [-0.2, 0) is 16.2 Å². The Kier molecular flexibility index (Phi) is 6.34. The summed E-state index contributed by atoms with van der Waals surface area (Å²) in [4.78, 5) is 25.1. The highest BCUT2D eigenvalue weighted by atomic mass is 16.5. The van der Waals surface area contributed by atoms with Crippen LogP contribution in [-0.4, -0.2) is 18.4 Å². The Morgan fingerprint density at radius 1 is 1.00 bits per heavy atom. The van der Waals surface area contributed by atoms with Crippen LogP contribution >= 0.6 is 0 Å². The molecule has 0 unspecified atom stereocenters. The summed E-state index contributed by atoms with van der Waals surface area (Å²) >= 11 is 0. The Bertz CT molecular complexity index is 796. The van der Waals surface area contributed by atoms with Gasteiger partial charge in [0.1, 0.15) is 17.8 Å². The van der Waals surface area contributed by atoms with Gasteiger partial charge in [0.25, 0.3) is 0 Å². The first-order valence-corrected chi connectivity index (χ1v) is 9.86. The molecule has 2 amide bonds. The van der Waals surface area contributed by atoms with E-state index in [1.165, 1.54) is 0 Å². The molecule has 0 saturated heterocycles. The third-order valence-electron chi connectivity index (χ3n) is 4.99. The smallest absolute Gasteiger partial charge is 0.240 e. The molecule has 5 nitrogen and oxygen atoms in total. The summed E-state index contributed by atoms with van der Waals surface area (Å²) in [7, 11) is 0. The first-order chi connectivity index (χ1) is 13.5. The number of benzene rings is 2. The van der Waals surface area contributed by atoms with Gasteiger partial charge < -0.3 is 15.4 Å². The number of hydrogen-bond donors (Lipinski definition) is 2. The van der Waals surface area contributed by atoms with Crippen molar-refractivity contribution in [3.05, 3.63) is 60.2 Å². The highest BCUT2D eigenvalue weighted by molar-refractivity contribution is 6.13. The Balaban J connectivity index is 1.50. The summed E-state index contributed by atoms with van der Waals surface area (Å²) in [6, 6.07) is 17.2. The highest BCUT2D eigenvalue weighted by Gasteiger charge is 2.56. The normalized spacial score (nSPS) is 14.4. The van der Waals surface area contributed by atoms with Crippen molar-refractivity contribution in [1.82, 2.24) is 5.32 Å². The minimum Gasteiger partial charge on any atom is -0.489 e. The average Bonchev–Trinajstić information content (AvgIpc) is 3.50. The molecule has 28 heavy (non-hydrogen) atoms. The van der Waals surface area contributed by atoms with Gasteiger partial charge in [0, 0.05) is 12.2 Å². The van der Waals surface area contributed by atoms with E-state index in [2.05, 4.69) is 24.5 Å². The van der Waals surface area contributed by atoms with E-state index in [4.69, 9.17) is 4.74 Å². The molecule has 148 valence electrons. The van der Waals surface area contributed by atoms with Gasteiger partial charge in [-0.1, -0.05) is 44.2 Å². The van der Waals surface area contributed by atoms with Crippen molar-refractivity contribution >= 4 is 17.5 Å². The molecule has 0 heterocycles. The largest absolute Gasteiger partial charge is 0.489 e. The van der Waals surface area contributed by atoms with Gasteiger partial charge in [0.05, 0.1) is 0 Å². The number of carbonyl (C=O) groups excluding carboxylic acids is 2. The zero-order valence-corrected chi connectivity index (χ0v) is 16.5. The van der Waals surface area contributed by atoms with E-state index >= 15 is 0 Å². The Labute approximate surface area is 166 Å². The van der Waals surface area contributed by atoms with Crippen LogP contribution in [0.1, 0.15) is 38.7 Å². The zero-order chi connectivity index (χ0) is 20.0. The summed E-state index contributed by atoms with van der Waals surface area (Å²) in [6.45, 7) is 5.32. The van der Waals surface area contributed by atoms with Crippen molar-refractivity contribution in [3.63, 3.8) is 0 Å². The van der Waals surface area contributed by atoms with Gasteiger partial charge in [-0.2, -0.15) is 0 Å². The van der Waals surface area contributed by atoms with Gasteiger partial charge in [0.15, 0.2) is 0 Å². The van der Waals surface area contributed by atoms with Crippen LogP contribution in [0.2, 0.25) is 0 Å². The fraction of sp³-hybridized carbons (Fsp3) is 0.391. The maximum absolute atomic E-state index is 12.6. The average molecular weight is 380 g/mol. The first kappa shape index (κ1) is 19.9. The molecule has 2 aromatic carbocycles. The van der Waals surface area contributed by atoms with Crippen molar-refractivity contribution < 1.29 is 14.3 Å². The summed E-state index contributed by atoms with van der Waals surface area (Å²) in [5.41, 5.74) is 0.858. The SMILES string of the molecule is CC(C)CCNC(=O)C1(C(=O)Nc2ccc(OCc3ccccc3)cc2)CC1. The molecule has 0 aromatic heterocycles. The third kappa shape index (κ3) is 5.12. The van der Waals surface area contributed by atoms with E-state index < -0.39 is 5.41 Å². The number of rotatable bonds is 9. The minimum absolute atomic E-state index is 0.159. The lowest BCUT2D eigenvalue weighted by molar-refractivity contribution is -0.134. The molecular formula is C23H28N2O3. The topological polar surface area (TPSA) is 67.4 Å². The fourth-order valence-corrected chi connectivity index (χ4v) is 2.95. The van der Waals surface area contributed by atoms with Gasteiger partial charge in [-0.05, 0) is 55.0 Å². The molecule has 0 spiro atoms. The van der Waals surface area contributed by atoms with Crippen molar-refractivity contribution in [2.45, 2.75) is 39.7 Å². The van der Waals surface area contributed by atoms with E-state index in [1.807, 2.05) is 42.5 Å². The Hall–Kier alpha value is -2.82. The van der Waals surface area contributed by atoms with Crippen LogP contribution in [0.3, 0.4) is 0 Å². The van der Waals surface area contributed by atoms with Gasteiger partial charge >= 0.3 is 0 Å². The van der Waals surface area contributed by atoms with Gasteiger partial charge in [-0.3, -0.25) is 9.59 Å². The Morgan fingerprint density at radius 3 is 2.29 bits per heavy atom. The number of amides is 2. The van der Waals surface area contributed by atoms with Crippen LogP contribution in [0.5, 0.6) is 5.75 Å². The van der Waals surface area contributed by atoms with Crippen molar-refractivity contribution in [1.29, 1.82) is 0 Å². The second-order valence-electron chi connectivity index (χ2n) is 7.77. The number of anilines is 1. The lowest BCUT2D eigenvalue weighted by Crippen LogP contribution is -2.40. The van der Waals surface area contributed by atoms with E-state index in [9.17, 15) is 9.59 Å². The zero-order valence-electron chi connectivity index (χ0n) is 16.5. The number of ether oxygens (including phenoxy) is 1. The van der Waals surface area contributed by atoms with Crippen molar-refractivity contribution in [2.75, 3.05) is 11.9 Å². The van der Waals surface area contributed by atoms with Crippen LogP contribution in [0.4, 0.5) is 5.69 Å². The fourth-order valence-electron chi connectivity index (χ4n) is 2.95.